The van der Waals surface area contributed by atoms with E-state index in [-0.39, 0.29) is 24.0 Å². The molecule has 0 saturated carbocycles. The molecule has 1 unspecified atom stereocenters. The first-order valence-corrected chi connectivity index (χ1v) is 8.90. The molecule has 2 aliphatic heterocycles. The van der Waals surface area contributed by atoms with Gasteiger partial charge in [-0.3, -0.25) is 9.89 Å². The van der Waals surface area contributed by atoms with E-state index in [0.717, 1.165) is 45.2 Å². The number of likely N-dealkylation sites (N-methyl/N-ethyl adjacent to an activating group) is 1. The van der Waals surface area contributed by atoms with Crippen LogP contribution < -0.4 is 10.6 Å². The van der Waals surface area contributed by atoms with Crippen LogP contribution in [0.5, 0.6) is 0 Å². The van der Waals surface area contributed by atoms with Crippen LogP contribution >= 0.6 is 24.0 Å². The molecule has 136 valence electrons. The summed E-state index contributed by atoms with van der Waals surface area (Å²) in [6.45, 7) is 14.9. The van der Waals surface area contributed by atoms with Crippen molar-refractivity contribution in [2.45, 2.75) is 32.8 Å². The first-order chi connectivity index (χ1) is 10.8. The molecule has 2 saturated heterocycles. The molecule has 0 aromatic carbocycles. The first kappa shape index (κ1) is 20.9. The van der Waals surface area contributed by atoms with E-state index in [1.54, 1.807) is 0 Å². The van der Waals surface area contributed by atoms with Crippen LogP contribution in [0.2, 0.25) is 0 Å². The molecule has 23 heavy (non-hydrogen) atoms. The number of halogens is 1. The molecule has 1 atom stereocenters. The highest BCUT2D eigenvalue weighted by Gasteiger charge is 2.16. The summed E-state index contributed by atoms with van der Waals surface area (Å²) >= 11 is 0. The fourth-order valence-corrected chi connectivity index (χ4v) is 2.98. The number of piperazine rings is 1. The molecule has 2 rings (SSSR count). The molecule has 0 amide bonds. The van der Waals surface area contributed by atoms with Gasteiger partial charge >= 0.3 is 0 Å². The fourth-order valence-electron chi connectivity index (χ4n) is 2.98. The van der Waals surface area contributed by atoms with Gasteiger partial charge in [-0.05, 0) is 26.3 Å². The molecule has 7 heteroatoms. The van der Waals surface area contributed by atoms with E-state index in [2.05, 4.69) is 39.3 Å². The lowest BCUT2D eigenvalue weighted by atomic mass is 10.2. The maximum atomic E-state index is 5.63. The highest BCUT2D eigenvalue weighted by atomic mass is 127. The Balaban J connectivity index is 0.00000264. The van der Waals surface area contributed by atoms with Gasteiger partial charge in [0, 0.05) is 52.4 Å². The van der Waals surface area contributed by atoms with Gasteiger partial charge in [0.15, 0.2) is 5.96 Å². The molecule has 6 nitrogen and oxygen atoms in total. The van der Waals surface area contributed by atoms with Gasteiger partial charge in [0.05, 0.1) is 12.6 Å². The average Bonchev–Trinajstić information content (AvgIpc) is 3.06. The van der Waals surface area contributed by atoms with Gasteiger partial charge in [0.1, 0.15) is 0 Å². The second kappa shape index (κ2) is 12.3. The zero-order valence-corrected chi connectivity index (χ0v) is 17.1. The van der Waals surface area contributed by atoms with Crippen LogP contribution in [0.4, 0.5) is 0 Å². The molecule has 0 aromatic heterocycles. The Kier molecular flexibility index (Phi) is 11.2. The van der Waals surface area contributed by atoms with E-state index in [9.17, 15) is 0 Å². The predicted octanol–water partition coefficient (Wildman–Crippen LogP) is 0.976. The van der Waals surface area contributed by atoms with Gasteiger partial charge in [0.25, 0.3) is 0 Å². The van der Waals surface area contributed by atoms with Crippen LogP contribution in [-0.4, -0.2) is 87.4 Å². The monoisotopic (exact) mass is 439 g/mol. The third-order valence-electron chi connectivity index (χ3n) is 4.45. The van der Waals surface area contributed by atoms with Crippen molar-refractivity contribution in [2.24, 2.45) is 4.99 Å². The molecule has 0 aliphatic carbocycles. The molecular weight excluding hydrogens is 405 g/mol. The van der Waals surface area contributed by atoms with E-state index in [1.165, 1.54) is 39.1 Å². The largest absolute Gasteiger partial charge is 0.376 e. The summed E-state index contributed by atoms with van der Waals surface area (Å²) in [5, 5.41) is 6.76. The number of nitrogens with zero attached hydrogens (tertiary/aromatic N) is 3. The molecule has 2 fully saturated rings. The Morgan fingerprint density at radius 1 is 1.13 bits per heavy atom. The number of ether oxygens (including phenoxy) is 1. The lowest BCUT2D eigenvalue weighted by molar-refractivity contribution is 0.117. The highest BCUT2D eigenvalue weighted by molar-refractivity contribution is 14.0. The van der Waals surface area contributed by atoms with Crippen LogP contribution in [0.3, 0.4) is 0 Å². The Morgan fingerprint density at radius 3 is 2.48 bits per heavy atom. The molecular formula is C16H34IN5O. The van der Waals surface area contributed by atoms with Crippen LogP contribution in [0.1, 0.15) is 26.7 Å². The van der Waals surface area contributed by atoms with Gasteiger partial charge in [-0.15, -0.1) is 24.0 Å². The van der Waals surface area contributed by atoms with Crippen LogP contribution in [0.15, 0.2) is 4.99 Å². The minimum absolute atomic E-state index is 0. The lowest BCUT2D eigenvalue weighted by Crippen LogP contribution is -2.49. The second-order valence-electron chi connectivity index (χ2n) is 6.06. The summed E-state index contributed by atoms with van der Waals surface area (Å²) in [6, 6.07) is 0. The summed E-state index contributed by atoms with van der Waals surface area (Å²) in [5.74, 6) is 0.921. The number of aliphatic imine (C=N–C) groups is 1. The van der Waals surface area contributed by atoms with Crippen molar-refractivity contribution in [1.82, 2.24) is 20.4 Å². The number of hydrogen-bond acceptors (Lipinski definition) is 4. The molecule has 2 aliphatic rings. The minimum atomic E-state index is 0. The lowest BCUT2D eigenvalue weighted by Gasteiger charge is -2.34. The van der Waals surface area contributed by atoms with Crippen molar-refractivity contribution in [2.75, 3.05) is 65.5 Å². The van der Waals surface area contributed by atoms with Gasteiger partial charge < -0.3 is 20.3 Å². The maximum Gasteiger partial charge on any atom is 0.191 e. The van der Waals surface area contributed by atoms with Crippen molar-refractivity contribution < 1.29 is 4.74 Å². The molecule has 0 radical (unpaired) electrons. The van der Waals surface area contributed by atoms with Crippen LogP contribution in [-0.2, 0) is 4.74 Å². The van der Waals surface area contributed by atoms with E-state index >= 15 is 0 Å². The van der Waals surface area contributed by atoms with Gasteiger partial charge in [-0.25, -0.2) is 0 Å². The Morgan fingerprint density at radius 2 is 1.87 bits per heavy atom. The number of hydrogen-bond donors (Lipinski definition) is 2. The first-order valence-electron chi connectivity index (χ1n) is 8.90. The number of guanidine groups is 1. The third-order valence-corrected chi connectivity index (χ3v) is 4.45. The molecule has 2 N–H and O–H groups in total. The minimum Gasteiger partial charge on any atom is -0.376 e. The normalized spacial score (nSPS) is 23.6. The molecule has 0 aromatic rings. The quantitative estimate of drug-likeness (QED) is 0.352. The SMILES string of the molecule is CCNC(=NCC1CCCO1)NCCN1CCN(CC)CC1.I. The van der Waals surface area contributed by atoms with E-state index in [1.807, 2.05) is 0 Å². The smallest absolute Gasteiger partial charge is 0.191 e. The topological polar surface area (TPSA) is 52.1 Å². The molecule has 0 bridgehead atoms. The highest BCUT2D eigenvalue weighted by Crippen LogP contribution is 2.11. The maximum absolute atomic E-state index is 5.63. The second-order valence-corrected chi connectivity index (χ2v) is 6.06. The van der Waals surface area contributed by atoms with Crippen LogP contribution in [0.25, 0.3) is 0 Å². The van der Waals surface area contributed by atoms with Crippen molar-refractivity contribution in [3.05, 3.63) is 0 Å². The number of rotatable bonds is 7. The van der Waals surface area contributed by atoms with Gasteiger partial charge in [0.2, 0.25) is 0 Å². The number of nitrogens with one attached hydrogen (secondary N) is 2. The third kappa shape index (κ3) is 8.00. The predicted molar refractivity (Wildman–Crippen MR) is 107 cm³/mol. The Labute approximate surface area is 158 Å². The zero-order chi connectivity index (χ0) is 15.6. The van der Waals surface area contributed by atoms with E-state index < -0.39 is 0 Å². The van der Waals surface area contributed by atoms with Crippen LogP contribution in [0, 0.1) is 0 Å². The summed E-state index contributed by atoms with van der Waals surface area (Å²) in [5.41, 5.74) is 0. The van der Waals surface area contributed by atoms with Crippen molar-refractivity contribution in [3.8, 4) is 0 Å². The molecule has 2 heterocycles. The van der Waals surface area contributed by atoms with E-state index in [4.69, 9.17) is 4.74 Å². The Hall–Kier alpha value is -0.120. The summed E-state index contributed by atoms with van der Waals surface area (Å²) in [6.07, 6.45) is 2.64. The summed E-state index contributed by atoms with van der Waals surface area (Å²) in [4.78, 5) is 9.69. The fraction of sp³-hybridized carbons (Fsp3) is 0.938. The summed E-state index contributed by atoms with van der Waals surface area (Å²) in [7, 11) is 0. The van der Waals surface area contributed by atoms with Crippen molar-refractivity contribution >= 4 is 29.9 Å². The summed E-state index contributed by atoms with van der Waals surface area (Å²) < 4.78 is 5.63. The van der Waals surface area contributed by atoms with Crippen molar-refractivity contribution in [1.29, 1.82) is 0 Å². The van der Waals surface area contributed by atoms with E-state index in [0.29, 0.717) is 6.10 Å². The average molecular weight is 439 g/mol. The molecule has 0 spiro atoms. The standard InChI is InChI=1S/C16H33N5O.HI/c1-3-17-16(19-14-15-6-5-13-22-15)18-7-8-21-11-9-20(4-2)10-12-21;/h15H,3-14H2,1-2H3,(H2,17,18,19);1H. The Bertz CT molecular complexity index is 328. The zero-order valence-electron chi connectivity index (χ0n) is 14.7. The van der Waals surface area contributed by atoms with Gasteiger partial charge in [-0.1, -0.05) is 6.92 Å². The van der Waals surface area contributed by atoms with Crippen molar-refractivity contribution in [3.63, 3.8) is 0 Å². The van der Waals surface area contributed by atoms with Gasteiger partial charge in [-0.2, -0.15) is 0 Å².